The highest BCUT2D eigenvalue weighted by molar-refractivity contribution is 7.80. The highest BCUT2D eigenvalue weighted by Gasteiger charge is 2.35. The topological polar surface area (TPSA) is 67.4 Å². The van der Waals surface area contributed by atoms with Crippen molar-refractivity contribution in [2.24, 2.45) is 0 Å². The Kier molecular flexibility index (Phi) is 5.88. The van der Waals surface area contributed by atoms with Gasteiger partial charge in [-0.25, -0.2) is 4.79 Å². The normalized spacial score (nSPS) is 16.4. The quantitative estimate of drug-likeness (QED) is 0.454. The molecule has 1 atom stereocenters. The van der Waals surface area contributed by atoms with Gasteiger partial charge in [0.2, 0.25) is 0 Å². The van der Waals surface area contributed by atoms with Crippen molar-refractivity contribution < 1.29 is 14.3 Å². The summed E-state index contributed by atoms with van der Waals surface area (Å²) in [5.74, 6) is -0.916. The minimum absolute atomic E-state index is 0.0504. The lowest BCUT2D eigenvalue weighted by Gasteiger charge is -2.30. The van der Waals surface area contributed by atoms with Gasteiger partial charge in [0.15, 0.2) is 10.9 Å². The maximum absolute atomic E-state index is 13.3. The van der Waals surface area contributed by atoms with Crippen LogP contribution in [0.3, 0.4) is 0 Å². The van der Waals surface area contributed by atoms with E-state index in [1.54, 1.807) is 55.5 Å². The Morgan fingerprint density at radius 1 is 1.11 bits per heavy atom. The molecule has 27 heavy (non-hydrogen) atoms. The van der Waals surface area contributed by atoms with Crippen LogP contribution in [-0.4, -0.2) is 23.5 Å². The molecule has 1 aliphatic heterocycles. The smallest absolute Gasteiger partial charge is 0.355 e. The summed E-state index contributed by atoms with van der Waals surface area (Å²) in [6.45, 7) is 1.88. The van der Waals surface area contributed by atoms with Crippen molar-refractivity contribution >= 4 is 40.7 Å². The molecule has 0 aromatic heterocycles. The molecule has 0 aliphatic carbocycles. The summed E-state index contributed by atoms with van der Waals surface area (Å²) in [6.07, 6.45) is 0. The van der Waals surface area contributed by atoms with E-state index in [1.165, 1.54) is 0 Å². The standard InChI is InChI=1S/C20H17ClN2O3S/c1-2-26-19(25)17-15(18(24)13-6-4-3-5-7-13)16(22-20(27)23-17)12-8-10-14(21)11-9-12/h3-11,16H,2H2,1H3,(H2,22,23,27). The van der Waals surface area contributed by atoms with E-state index < -0.39 is 12.0 Å². The third kappa shape index (κ3) is 4.18. The van der Waals surface area contributed by atoms with Crippen molar-refractivity contribution in [2.75, 3.05) is 6.61 Å². The number of hydrogen-bond acceptors (Lipinski definition) is 4. The first-order valence-corrected chi connectivity index (χ1v) is 9.14. The van der Waals surface area contributed by atoms with Gasteiger partial charge in [-0.05, 0) is 36.8 Å². The zero-order valence-corrected chi connectivity index (χ0v) is 16.1. The number of carbonyl (C=O) groups is 2. The van der Waals surface area contributed by atoms with Crippen LogP contribution in [0, 0.1) is 0 Å². The first kappa shape index (κ1) is 19.1. The minimum Gasteiger partial charge on any atom is -0.461 e. The van der Waals surface area contributed by atoms with Gasteiger partial charge in [0.05, 0.1) is 18.2 Å². The highest BCUT2D eigenvalue weighted by Crippen LogP contribution is 2.30. The summed E-state index contributed by atoms with van der Waals surface area (Å²) in [4.78, 5) is 25.8. The van der Waals surface area contributed by atoms with Crippen molar-refractivity contribution in [3.8, 4) is 0 Å². The lowest BCUT2D eigenvalue weighted by molar-refractivity contribution is -0.138. The molecule has 2 aromatic rings. The van der Waals surface area contributed by atoms with Crippen molar-refractivity contribution in [1.82, 2.24) is 10.6 Å². The number of Topliss-reactive ketones (excluding diaryl/α,β-unsaturated/α-hetero) is 1. The van der Waals surface area contributed by atoms with E-state index in [0.29, 0.717) is 10.6 Å². The molecule has 2 N–H and O–H groups in total. The molecule has 0 saturated heterocycles. The number of ether oxygens (including phenoxy) is 1. The van der Waals surface area contributed by atoms with E-state index in [0.717, 1.165) is 5.56 Å². The Morgan fingerprint density at radius 3 is 2.41 bits per heavy atom. The second kappa shape index (κ2) is 8.33. The molecule has 2 aromatic carbocycles. The van der Waals surface area contributed by atoms with E-state index in [2.05, 4.69) is 10.6 Å². The second-order valence-corrected chi connectivity index (χ2v) is 6.63. The Bertz CT molecular complexity index is 911. The van der Waals surface area contributed by atoms with Gasteiger partial charge in [-0.1, -0.05) is 54.1 Å². The van der Waals surface area contributed by atoms with E-state index in [9.17, 15) is 9.59 Å². The maximum atomic E-state index is 13.3. The van der Waals surface area contributed by atoms with Crippen LogP contribution in [0.25, 0.3) is 0 Å². The third-order valence-electron chi connectivity index (χ3n) is 4.04. The van der Waals surface area contributed by atoms with Crippen LogP contribution in [0.4, 0.5) is 0 Å². The number of hydrogen-bond donors (Lipinski definition) is 2. The van der Waals surface area contributed by atoms with Gasteiger partial charge in [0.1, 0.15) is 5.70 Å². The van der Waals surface area contributed by atoms with E-state index in [4.69, 9.17) is 28.6 Å². The molecule has 7 heteroatoms. The summed E-state index contributed by atoms with van der Waals surface area (Å²) in [6, 6.07) is 15.2. The zero-order valence-electron chi connectivity index (χ0n) is 14.5. The lowest BCUT2D eigenvalue weighted by atomic mass is 9.89. The molecule has 0 amide bonds. The van der Waals surface area contributed by atoms with Crippen LogP contribution in [0.1, 0.15) is 28.9 Å². The van der Waals surface area contributed by atoms with Crippen LogP contribution in [-0.2, 0) is 9.53 Å². The highest BCUT2D eigenvalue weighted by atomic mass is 35.5. The summed E-state index contributed by atoms with van der Waals surface area (Å²) in [7, 11) is 0. The molecule has 1 unspecified atom stereocenters. The monoisotopic (exact) mass is 400 g/mol. The number of esters is 1. The molecule has 5 nitrogen and oxygen atoms in total. The van der Waals surface area contributed by atoms with Crippen molar-refractivity contribution in [3.63, 3.8) is 0 Å². The van der Waals surface area contributed by atoms with Crippen molar-refractivity contribution in [1.29, 1.82) is 0 Å². The maximum Gasteiger partial charge on any atom is 0.355 e. The van der Waals surface area contributed by atoms with Crippen LogP contribution in [0.15, 0.2) is 65.9 Å². The van der Waals surface area contributed by atoms with Crippen molar-refractivity contribution in [3.05, 3.63) is 82.0 Å². The fourth-order valence-electron chi connectivity index (χ4n) is 2.82. The minimum atomic E-state index is -0.625. The van der Waals surface area contributed by atoms with E-state index in [1.807, 2.05) is 6.07 Å². The number of thiocarbonyl (C=S) groups is 1. The number of nitrogens with one attached hydrogen (secondary N) is 2. The van der Waals surface area contributed by atoms with Gasteiger partial charge in [0, 0.05) is 10.6 Å². The summed E-state index contributed by atoms with van der Waals surface area (Å²) < 4.78 is 5.13. The number of benzene rings is 2. The molecule has 0 radical (unpaired) electrons. The average Bonchev–Trinajstić information content (AvgIpc) is 2.68. The predicted octanol–water partition coefficient (Wildman–Crippen LogP) is 3.56. The Balaban J connectivity index is 2.16. The molecule has 3 rings (SSSR count). The molecule has 1 aliphatic rings. The molecule has 0 fully saturated rings. The Morgan fingerprint density at radius 2 is 1.78 bits per heavy atom. The fourth-order valence-corrected chi connectivity index (χ4v) is 3.17. The lowest BCUT2D eigenvalue weighted by Crippen LogP contribution is -2.47. The van der Waals surface area contributed by atoms with Gasteiger partial charge in [-0.3, -0.25) is 4.79 Å². The molecular weight excluding hydrogens is 384 g/mol. The fraction of sp³-hybridized carbons (Fsp3) is 0.150. The molecule has 0 bridgehead atoms. The van der Waals surface area contributed by atoms with Gasteiger partial charge in [-0.2, -0.15) is 0 Å². The van der Waals surface area contributed by atoms with Gasteiger partial charge in [0.25, 0.3) is 0 Å². The molecule has 138 valence electrons. The number of rotatable bonds is 5. The number of halogens is 1. The largest absolute Gasteiger partial charge is 0.461 e. The molecule has 0 spiro atoms. The summed E-state index contributed by atoms with van der Waals surface area (Å²) >= 11 is 11.2. The second-order valence-electron chi connectivity index (χ2n) is 5.79. The molecule has 0 saturated carbocycles. The van der Waals surface area contributed by atoms with Crippen LogP contribution >= 0.6 is 23.8 Å². The van der Waals surface area contributed by atoms with Crippen molar-refractivity contribution in [2.45, 2.75) is 13.0 Å². The average molecular weight is 401 g/mol. The van der Waals surface area contributed by atoms with Gasteiger partial charge < -0.3 is 15.4 Å². The number of ketones is 1. The molecule has 1 heterocycles. The number of carbonyl (C=O) groups excluding carboxylic acids is 2. The zero-order chi connectivity index (χ0) is 19.4. The Hall–Kier alpha value is -2.70. The van der Waals surface area contributed by atoms with Gasteiger partial charge >= 0.3 is 5.97 Å². The van der Waals surface area contributed by atoms with E-state index >= 15 is 0 Å². The molecular formula is C20H17ClN2O3S. The first-order valence-electron chi connectivity index (χ1n) is 8.35. The first-order chi connectivity index (χ1) is 13.0. The SMILES string of the molecule is CCOC(=O)C1=C(C(=O)c2ccccc2)C(c2ccc(Cl)cc2)NC(=S)N1. The van der Waals surface area contributed by atoms with E-state index in [-0.39, 0.29) is 28.8 Å². The van der Waals surface area contributed by atoms with Crippen LogP contribution in [0.5, 0.6) is 0 Å². The Labute approximate surface area is 167 Å². The van der Waals surface area contributed by atoms with Crippen LogP contribution < -0.4 is 10.6 Å². The third-order valence-corrected chi connectivity index (χ3v) is 4.51. The summed E-state index contributed by atoms with van der Waals surface area (Å²) in [5.41, 5.74) is 1.51. The summed E-state index contributed by atoms with van der Waals surface area (Å²) in [5, 5.41) is 6.67. The van der Waals surface area contributed by atoms with Crippen LogP contribution in [0.2, 0.25) is 5.02 Å². The van der Waals surface area contributed by atoms with Gasteiger partial charge in [-0.15, -0.1) is 0 Å². The predicted molar refractivity (Wildman–Crippen MR) is 107 cm³/mol.